The molecule has 1 atom stereocenters. The van der Waals surface area contributed by atoms with Crippen molar-refractivity contribution in [1.29, 1.82) is 0 Å². The Bertz CT molecular complexity index is 774. The summed E-state index contributed by atoms with van der Waals surface area (Å²) in [7, 11) is 0. The van der Waals surface area contributed by atoms with Crippen LogP contribution in [-0.2, 0) is 9.53 Å². The molecule has 1 aromatic rings. The summed E-state index contributed by atoms with van der Waals surface area (Å²) in [6, 6.07) is 8.19. The number of rotatable bonds is 2. The van der Waals surface area contributed by atoms with Gasteiger partial charge in [0.2, 0.25) is 5.91 Å². The number of hydrogen-bond donors (Lipinski definition) is 0. The lowest BCUT2D eigenvalue weighted by Crippen LogP contribution is -2.64. The van der Waals surface area contributed by atoms with Crippen LogP contribution in [-0.4, -0.2) is 59.5 Å². The second kappa shape index (κ2) is 7.75. The van der Waals surface area contributed by atoms with Crippen molar-refractivity contribution in [3.8, 4) is 0 Å². The number of morpholine rings is 1. The van der Waals surface area contributed by atoms with Crippen LogP contribution < -0.4 is 0 Å². The predicted octanol–water partition coefficient (Wildman–Crippen LogP) is 3.73. The van der Waals surface area contributed by atoms with Gasteiger partial charge >= 0.3 is 0 Å². The van der Waals surface area contributed by atoms with Gasteiger partial charge in [-0.1, -0.05) is 50.3 Å². The zero-order valence-corrected chi connectivity index (χ0v) is 17.3. The second-order valence-electron chi connectivity index (χ2n) is 9.24. The molecular formula is C24H32N2O3. The summed E-state index contributed by atoms with van der Waals surface area (Å²) in [6.45, 7) is 2.53. The molecule has 0 radical (unpaired) electrons. The number of carbonyl (C=O) groups excluding carboxylic acids is 2. The topological polar surface area (TPSA) is 49.9 Å². The molecule has 5 rings (SSSR count). The second-order valence-corrected chi connectivity index (χ2v) is 9.24. The number of carbonyl (C=O) groups is 2. The van der Waals surface area contributed by atoms with Crippen LogP contribution in [0, 0.1) is 0 Å². The van der Waals surface area contributed by atoms with E-state index >= 15 is 0 Å². The molecule has 1 aromatic carbocycles. The van der Waals surface area contributed by atoms with Crippen molar-refractivity contribution in [1.82, 2.24) is 9.80 Å². The zero-order valence-electron chi connectivity index (χ0n) is 17.3. The Morgan fingerprint density at radius 1 is 0.966 bits per heavy atom. The van der Waals surface area contributed by atoms with Crippen LogP contribution in [0.15, 0.2) is 24.3 Å². The van der Waals surface area contributed by atoms with Crippen molar-refractivity contribution >= 4 is 11.8 Å². The molecule has 5 heteroatoms. The molecule has 1 spiro atoms. The van der Waals surface area contributed by atoms with E-state index in [9.17, 15) is 9.59 Å². The summed E-state index contributed by atoms with van der Waals surface area (Å²) in [5.74, 6) is 0.135. The van der Waals surface area contributed by atoms with Crippen molar-refractivity contribution < 1.29 is 14.3 Å². The first-order chi connectivity index (χ1) is 14.2. The normalized spacial score (nSPS) is 27.3. The van der Waals surface area contributed by atoms with Crippen LogP contribution in [0.2, 0.25) is 0 Å². The van der Waals surface area contributed by atoms with Crippen LogP contribution in [0.4, 0.5) is 0 Å². The predicted molar refractivity (Wildman–Crippen MR) is 111 cm³/mol. The van der Waals surface area contributed by atoms with Crippen molar-refractivity contribution in [3.63, 3.8) is 0 Å². The van der Waals surface area contributed by atoms with Gasteiger partial charge in [-0.2, -0.15) is 0 Å². The van der Waals surface area contributed by atoms with Crippen LogP contribution in [0.3, 0.4) is 0 Å². The van der Waals surface area contributed by atoms with Gasteiger partial charge in [0.1, 0.15) is 0 Å². The lowest BCUT2D eigenvalue weighted by atomic mass is 9.69. The highest BCUT2D eigenvalue weighted by molar-refractivity contribution is 6.02. The monoisotopic (exact) mass is 396 g/mol. The molecule has 2 heterocycles. The SMILES string of the molecule is O=C([C@@H]1c2ccccc2C(=O)N(C2CCCCC2)C12CCCC2)N1CCOCC1. The molecule has 2 saturated carbocycles. The smallest absolute Gasteiger partial charge is 0.254 e. The summed E-state index contributed by atoms with van der Waals surface area (Å²) in [4.78, 5) is 32.0. The molecule has 0 aromatic heterocycles. The van der Waals surface area contributed by atoms with Crippen molar-refractivity contribution in [3.05, 3.63) is 35.4 Å². The lowest BCUT2D eigenvalue weighted by molar-refractivity contribution is -0.141. The lowest BCUT2D eigenvalue weighted by Gasteiger charge is -2.54. The van der Waals surface area contributed by atoms with Crippen molar-refractivity contribution in [2.45, 2.75) is 75.3 Å². The van der Waals surface area contributed by atoms with Gasteiger partial charge in [-0.3, -0.25) is 9.59 Å². The molecule has 0 N–H and O–H groups in total. The Balaban J connectivity index is 1.62. The Morgan fingerprint density at radius 3 is 2.38 bits per heavy atom. The minimum atomic E-state index is -0.344. The van der Waals surface area contributed by atoms with Gasteiger partial charge in [-0.15, -0.1) is 0 Å². The molecule has 1 saturated heterocycles. The average molecular weight is 397 g/mol. The van der Waals surface area contributed by atoms with Gasteiger partial charge in [0, 0.05) is 24.7 Å². The number of hydrogen-bond acceptors (Lipinski definition) is 3. The largest absolute Gasteiger partial charge is 0.378 e. The zero-order chi connectivity index (χ0) is 19.8. The highest BCUT2D eigenvalue weighted by Crippen LogP contribution is 2.52. The minimum Gasteiger partial charge on any atom is -0.378 e. The maximum atomic E-state index is 13.9. The van der Waals surface area contributed by atoms with Gasteiger partial charge in [-0.05, 0) is 37.3 Å². The number of amides is 2. The number of benzene rings is 1. The fourth-order valence-corrected chi connectivity index (χ4v) is 6.42. The molecule has 156 valence electrons. The fourth-order valence-electron chi connectivity index (χ4n) is 6.42. The third-order valence-corrected chi connectivity index (χ3v) is 7.72. The van der Waals surface area contributed by atoms with Gasteiger partial charge in [0.05, 0.1) is 24.7 Å². The summed E-state index contributed by atoms with van der Waals surface area (Å²) in [6.07, 6.45) is 9.90. The van der Waals surface area contributed by atoms with Crippen LogP contribution in [0.1, 0.15) is 79.6 Å². The fraction of sp³-hybridized carbons (Fsp3) is 0.667. The highest BCUT2D eigenvalue weighted by atomic mass is 16.5. The molecule has 0 bridgehead atoms. The van der Waals surface area contributed by atoms with Crippen molar-refractivity contribution in [2.24, 2.45) is 0 Å². The van der Waals surface area contributed by atoms with E-state index in [-0.39, 0.29) is 29.3 Å². The third kappa shape index (κ3) is 3.09. The Kier molecular flexibility index (Phi) is 5.10. The van der Waals surface area contributed by atoms with E-state index in [1.165, 1.54) is 19.3 Å². The first-order valence-corrected chi connectivity index (χ1v) is 11.5. The highest BCUT2D eigenvalue weighted by Gasteiger charge is 2.57. The molecule has 4 aliphatic rings. The van der Waals surface area contributed by atoms with Crippen LogP contribution >= 0.6 is 0 Å². The van der Waals surface area contributed by atoms with Gasteiger partial charge in [-0.25, -0.2) is 0 Å². The van der Waals surface area contributed by atoms with Crippen LogP contribution in [0.25, 0.3) is 0 Å². The summed E-state index contributed by atoms with van der Waals surface area (Å²) in [5.41, 5.74) is 1.37. The number of ether oxygens (including phenoxy) is 1. The quantitative estimate of drug-likeness (QED) is 0.765. The van der Waals surface area contributed by atoms with Gasteiger partial charge in [0.15, 0.2) is 0 Å². The Morgan fingerprint density at radius 2 is 1.66 bits per heavy atom. The third-order valence-electron chi connectivity index (χ3n) is 7.72. The summed E-state index contributed by atoms with van der Waals surface area (Å²) in [5, 5.41) is 0. The molecule has 3 fully saturated rings. The minimum absolute atomic E-state index is 0.167. The molecule has 5 nitrogen and oxygen atoms in total. The maximum Gasteiger partial charge on any atom is 0.254 e. The van der Waals surface area contributed by atoms with E-state index in [2.05, 4.69) is 4.90 Å². The molecule has 2 aliphatic heterocycles. The Labute approximate surface area is 173 Å². The first-order valence-electron chi connectivity index (χ1n) is 11.5. The van der Waals surface area contributed by atoms with E-state index in [4.69, 9.17) is 4.74 Å². The molecule has 0 unspecified atom stereocenters. The summed E-state index contributed by atoms with van der Waals surface area (Å²) >= 11 is 0. The first kappa shape index (κ1) is 19.1. The van der Waals surface area contributed by atoms with E-state index in [0.717, 1.165) is 49.7 Å². The average Bonchev–Trinajstić information content (AvgIpc) is 3.24. The van der Waals surface area contributed by atoms with E-state index in [1.54, 1.807) is 0 Å². The van der Waals surface area contributed by atoms with Gasteiger partial charge in [0.25, 0.3) is 5.91 Å². The molecule has 2 aliphatic carbocycles. The molecule has 29 heavy (non-hydrogen) atoms. The molecule has 2 amide bonds. The molecular weight excluding hydrogens is 364 g/mol. The van der Waals surface area contributed by atoms with E-state index in [1.807, 2.05) is 29.2 Å². The summed E-state index contributed by atoms with van der Waals surface area (Å²) < 4.78 is 5.50. The maximum absolute atomic E-state index is 13.9. The van der Waals surface area contributed by atoms with Crippen molar-refractivity contribution in [2.75, 3.05) is 26.3 Å². The van der Waals surface area contributed by atoms with Gasteiger partial charge < -0.3 is 14.5 Å². The number of fused-ring (bicyclic) bond motifs is 1. The van der Waals surface area contributed by atoms with Crippen LogP contribution in [0.5, 0.6) is 0 Å². The number of nitrogens with zero attached hydrogens (tertiary/aromatic N) is 2. The van der Waals surface area contributed by atoms with E-state index < -0.39 is 0 Å². The van der Waals surface area contributed by atoms with E-state index in [0.29, 0.717) is 26.3 Å². The Hall–Kier alpha value is -1.88. The standard InChI is InChI=1S/C24H32N2O3/c27-22-20-11-5-4-10-19(20)21(23(28)25-14-16-29-17-15-25)24(12-6-7-13-24)26(22)18-8-2-1-3-9-18/h4-5,10-11,18,21H,1-3,6-9,12-17H2/t21-/m0/s1.